The van der Waals surface area contributed by atoms with Crippen molar-refractivity contribution in [3.8, 4) is 0 Å². The molecule has 1 aromatic carbocycles. The van der Waals surface area contributed by atoms with Gasteiger partial charge in [-0.1, -0.05) is 29.8 Å². The molecule has 1 amide bonds. The molecule has 1 aromatic rings. The monoisotopic (exact) mass is 255 g/mol. The molecule has 0 bridgehead atoms. The minimum atomic E-state index is -0.370. The number of hydrogen-bond acceptors (Lipinski definition) is 1. The number of benzene rings is 1. The Morgan fingerprint density at radius 3 is 2.43 bits per heavy atom. The van der Waals surface area contributed by atoms with E-state index in [9.17, 15) is 4.79 Å². The van der Waals surface area contributed by atoms with Gasteiger partial charge in [-0.25, -0.2) is 0 Å². The highest BCUT2D eigenvalue weighted by atomic mass is 79.9. The summed E-state index contributed by atoms with van der Waals surface area (Å²) in [6, 6.07) is 3.80. The second-order valence-electron chi connectivity index (χ2n) is 3.69. The van der Waals surface area contributed by atoms with Gasteiger partial charge in [0.25, 0.3) is 0 Å². The molecule has 0 heterocycles. The molecule has 14 heavy (non-hydrogen) atoms. The van der Waals surface area contributed by atoms with E-state index in [0.29, 0.717) is 11.5 Å². The first kappa shape index (κ1) is 11.2. The summed E-state index contributed by atoms with van der Waals surface area (Å²) in [6.07, 6.45) is 0. The van der Waals surface area contributed by atoms with Crippen LogP contribution in [-0.2, 0) is 0 Å². The van der Waals surface area contributed by atoms with Crippen LogP contribution in [0.2, 0.25) is 0 Å². The Balaban J connectivity index is 3.40. The number of carbonyl (C=O) groups is 1. The minimum Gasteiger partial charge on any atom is -0.366 e. The third-order valence-electron chi connectivity index (χ3n) is 2.30. The van der Waals surface area contributed by atoms with Crippen molar-refractivity contribution in [2.45, 2.75) is 26.7 Å². The van der Waals surface area contributed by atoms with E-state index in [1.54, 1.807) is 6.07 Å². The molecule has 3 heteroatoms. The Kier molecular flexibility index (Phi) is 3.32. The largest absolute Gasteiger partial charge is 0.366 e. The molecule has 0 saturated carbocycles. The third-order valence-corrected chi connectivity index (χ3v) is 2.76. The predicted molar refractivity (Wildman–Crippen MR) is 61.5 cm³/mol. The standard InChI is InChI=1S/C11H14BrNO/c1-6(2)9-4-8(12)5-10(7(9)3)11(13)14/h4-6H,1-3H3,(H2,13,14). The SMILES string of the molecule is Cc1c(C(N)=O)cc(Br)cc1C(C)C. The lowest BCUT2D eigenvalue weighted by atomic mass is 9.94. The highest BCUT2D eigenvalue weighted by molar-refractivity contribution is 9.10. The van der Waals surface area contributed by atoms with E-state index in [-0.39, 0.29) is 5.91 Å². The Hall–Kier alpha value is -0.830. The third kappa shape index (κ3) is 2.15. The summed E-state index contributed by atoms with van der Waals surface area (Å²) < 4.78 is 0.903. The van der Waals surface area contributed by atoms with Gasteiger partial charge in [-0.15, -0.1) is 0 Å². The highest BCUT2D eigenvalue weighted by Crippen LogP contribution is 2.26. The summed E-state index contributed by atoms with van der Waals surface area (Å²) in [5.41, 5.74) is 8.04. The fourth-order valence-corrected chi connectivity index (χ4v) is 2.03. The first-order valence-corrected chi connectivity index (χ1v) is 5.32. The van der Waals surface area contributed by atoms with E-state index in [4.69, 9.17) is 5.73 Å². The van der Waals surface area contributed by atoms with E-state index in [0.717, 1.165) is 15.6 Å². The topological polar surface area (TPSA) is 43.1 Å². The highest BCUT2D eigenvalue weighted by Gasteiger charge is 2.12. The fourth-order valence-electron chi connectivity index (χ4n) is 1.56. The van der Waals surface area contributed by atoms with Gasteiger partial charge in [-0.2, -0.15) is 0 Å². The average molecular weight is 256 g/mol. The van der Waals surface area contributed by atoms with E-state index < -0.39 is 0 Å². The zero-order chi connectivity index (χ0) is 10.9. The average Bonchev–Trinajstić information content (AvgIpc) is 2.07. The summed E-state index contributed by atoms with van der Waals surface area (Å²) in [6.45, 7) is 6.13. The second kappa shape index (κ2) is 4.13. The van der Waals surface area contributed by atoms with Crippen LogP contribution in [0, 0.1) is 6.92 Å². The van der Waals surface area contributed by atoms with Crippen LogP contribution < -0.4 is 5.73 Å². The number of rotatable bonds is 2. The van der Waals surface area contributed by atoms with E-state index in [1.807, 2.05) is 13.0 Å². The van der Waals surface area contributed by atoms with Gasteiger partial charge in [-0.05, 0) is 36.1 Å². The molecule has 0 aliphatic carbocycles. The first-order valence-electron chi connectivity index (χ1n) is 4.53. The quantitative estimate of drug-likeness (QED) is 0.868. The zero-order valence-electron chi connectivity index (χ0n) is 8.60. The summed E-state index contributed by atoms with van der Waals surface area (Å²) >= 11 is 3.38. The van der Waals surface area contributed by atoms with Gasteiger partial charge in [0.1, 0.15) is 0 Å². The molecule has 2 nitrogen and oxygen atoms in total. The molecular formula is C11H14BrNO. The van der Waals surface area contributed by atoms with Crippen LogP contribution in [0.3, 0.4) is 0 Å². The zero-order valence-corrected chi connectivity index (χ0v) is 10.2. The van der Waals surface area contributed by atoms with Gasteiger partial charge >= 0.3 is 0 Å². The van der Waals surface area contributed by atoms with Gasteiger partial charge in [0, 0.05) is 10.0 Å². The molecule has 0 saturated heterocycles. The molecule has 2 N–H and O–H groups in total. The molecule has 0 aliphatic heterocycles. The Labute approximate surface area is 92.6 Å². The van der Waals surface area contributed by atoms with Crippen molar-refractivity contribution in [1.29, 1.82) is 0 Å². The van der Waals surface area contributed by atoms with Gasteiger partial charge in [-0.3, -0.25) is 4.79 Å². The molecule has 0 spiro atoms. The van der Waals surface area contributed by atoms with Crippen LogP contribution in [0.15, 0.2) is 16.6 Å². The maximum atomic E-state index is 11.2. The summed E-state index contributed by atoms with van der Waals surface area (Å²) in [7, 11) is 0. The van der Waals surface area contributed by atoms with E-state index in [2.05, 4.69) is 29.8 Å². The second-order valence-corrected chi connectivity index (χ2v) is 4.60. The summed E-state index contributed by atoms with van der Waals surface area (Å²) in [5.74, 6) is 0.0244. The normalized spacial score (nSPS) is 10.6. The molecule has 0 atom stereocenters. The smallest absolute Gasteiger partial charge is 0.249 e. The summed E-state index contributed by atoms with van der Waals surface area (Å²) in [5, 5.41) is 0. The minimum absolute atomic E-state index is 0.370. The number of hydrogen-bond donors (Lipinski definition) is 1. The van der Waals surface area contributed by atoms with E-state index in [1.165, 1.54) is 0 Å². The lowest BCUT2D eigenvalue weighted by Gasteiger charge is -2.13. The molecule has 0 unspecified atom stereocenters. The maximum Gasteiger partial charge on any atom is 0.249 e. The Morgan fingerprint density at radius 1 is 1.43 bits per heavy atom. The van der Waals surface area contributed by atoms with E-state index >= 15 is 0 Å². The maximum absolute atomic E-state index is 11.2. The van der Waals surface area contributed by atoms with Crippen LogP contribution in [0.4, 0.5) is 0 Å². The molecular weight excluding hydrogens is 242 g/mol. The van der Waals surface area contributed by atoms with Gasteiger partial charge in [0.05, 0.1) is 0 Å². The number of amides is 1. The number of halogens is 1. The molecule has 0 radical (unpaired) electrons. The van der Waals surface area contributed by atoms with Crippen molar-refractivity contribution >= 4 is 21.8 Å². The van der Waals surface area contributed by atoms with Gasteiger partial charge in [0.2, 0.25) is 5.91 Å². The number of nitrogens with two attached hydrogens (primary N) is 1. The lowest BCUT2D eigenvalue weighted by molar-refractivity contribution is 0.0999. The van der Waals surface area contributed by atoms with Crippen molar-refractivity contribution < 1.29 is 4.79 Å². The number of primary amides is 1. The van der Waals surface area contributed by atoms with Gasteiger partial charge < -0.3 is 5.73 Å². The van der Waals surface area contributed by atoms with Crippen molar-refractivity contribution in [2.24, 2.45) is 5.73 Å². The molecule has 0 aliphatic rings. The van der Waals surface area contributed by atoms with Crippen molar-refractivity contribution in [1.82, 2.24) is 0 Å². The van der Waals surface area contributed by atoms with Crippen LogP contribution in [-0.4, -0.2) is 5.91 Å². The van der Waals surface area contributed by atoms with Crippen molar-refractivity contribution in [3.05, 3.63) is 33.3 Å². The van der Waals surface area contributed by atoms with Crippen molar-refractivity contribution in [3.63, 3.8) is 0 Å². The first-order chi connectivity index (χ1) is 6.43. The lowest BCUT2D eigenvalue weighted by Crippen LogP contribution is -2.14. The molecule has 1 rings (SSSR count). The summed E-state index contributed by atoms with van der Waals surface area (Å²) in [4.78, 5) is 11.2. The Bertz CT molecular complexity index is 372. The molecule has 76 valence electrons. The Morgan fingerprint density at radius 2 is 2.00 bits per heavy atom. The van der Waals surface area contributed by atoms with Crippen LogP contribution >= 0.6 is 15.9 Å². The van der Waals surface area contributed by atoms with Crippen LogP contribution in [0.25, 0.3) is 0 Å². The predicted octanol–water partition coefficient (Wildman–Crippen LogP) is 2.98. The van der Waals surface area contributed by atoms with Crippen LogP contribution in [0.5, 0.6) is 0 Å². The molecule has 0 fully saturated rings. The molecule has 0 aromatic heterocycles. The fraction of sp³-hybridized carbons (Fsp3) is 0.364. The number of carbonyl (C=O) groups excluding carboxylic acids is 1. The van der Waals surface area contributed by atoms with Crippen LogP contribution in [0.1, 0.15) is 41.3 Å². The van der Waals surface area contributed by atoms with Crippen molar-refractivity contribution in [2.75, 3.05) is 0 Å². The van der Waals surface area contributed by atoms with Gasteiger partial charge in [0.15, 0.2) is 0 Å².